The third-order valence-electron chi connectivity index (χ3n) is 3.44. The van der Waals surface area contributed by atoms with Gasteiger partial charge in [-0.1, -0.05) is 35.9 Å². The van der Waals surface area contributed by atoms with Gasteiger partial charge in [0.15, 0.2) is 0 Å². The third kappa shape index (κ3) is 4.26. The Balaban J connectivity index is 1.93. The molecular weight excluding hydrogens is 329 g/mol. The molecule has 2 aromatic carbocycles. The fraction of sp³-hybridized carbons (Fsp3) is 0.111. The van der Waals surface area contributed by atoms with Crippen LogP contribution in [0.4, 0.5) is 36.3 Å². The van der Waals surface area contributed by atoms with Gasteiger partial charge in [0.1, 0.15) is 11.4 Å². The van der Waals surface area contributed by atoms with Crippen LogP contribution in [0.15, 0.2) is 60.8 Å². The van der Waals surface area contributed by atoms with Crippen molar-refractivity contribution in [1.82, 2.24) is 9.97 Å². The summed E-state index contributed by atoms with van der Waals surface area (Å²) in [5.41, 5.74) is 1.35. The lowest BCUT2D eigenvalue weighted by Gasteiger charge is -2.15. The molecule has 0 unspecified atom stereocenters. The first kappa shape index (κ1) is 16.8. The number of hydrogen-bond donors (Lipinski definition) is 2. The third-order valence-corrected chi connectivity index (χ3v) is 3.44. The number of benzene rings is 2. The van der Waals surface area contributed by atoms with E-state index in [0.29, 0.717) is 11.4 Å². The molecule has 7 heteroatoms. The van der Waals surface area contributed by atoms with E-state index in [4.69, 9.17) is 0 Å². The van der Waals surface area contributed by atoms with Crippen molar-refractivity contribution >= 4 is 23.1 Å². The Hall–Kier alpha value is -3.09. The molecule has 4 nitrogen and oxygen atoms in total. The molecule has 128 valence electrons. The molecule has 0 saturated carbocycles. The molecule has 0 bridgehead atoms. The van der Waals surface area contributed by atoms with E-state index in [-0.39, 0.29) is 11.8 Å². The lowest BCUT2D eigenvalue weighted by molar-refractivity contribution is -0.137. The summed E-state index contributed by atoms with van der Waals surface area (Å²) < 4.78 is 39.6. The molecule has 0 aliphatic carbocycles. The highest BCUT2D eigenvalue weighted by Crippen LogP contribution is 2.35. The molecule has 0 spiro atoms. The van der Waals surface area contributed by atoms with Crippen LogP contribution in [0.3, 0.4) is 0 Å². The number of halogens is 3. The van der Waals surface area contributed by atoms with Crippen molar-refractivity contribution in [1.29, 1.82) is 0 Å². The van der Waals surface area contributed by atoms with E-state index in [9.17, 15) is 13.2 Å². The molecule has 0 aliphatic rings. The maximum absolute atomic E-state index is 13.2. The Kier molecular flexibility index (Phi) is 4.56. The second kappa shape index (κ2) is 6.80. The normalized spacial score (nSPS) is 11.2. The van der Waals surface area contributed by atoms with Gasteiger partial charge in [0.2, 0.25) is 5.95 Å². The van der Waals surface area contributed by atoms with Crippen LogP contribution in [0.25, 0.3) is 0 Å². The highest BCUT2D eigenvalue weighted by Gasteiger charge is 2.35. The van der Waals surface area contributed by atoms with E-state index in [1.165, 1.54) is 0 Å². The number of anilines is 4. The Morgan fingerprint density at radius 3 is 2.12 bits per heavy atom. The topological polar surface area (TPSA) is 49.8 Å². The molecule has 0 atom stereocenters. The highest BCUT2D eigenvalue weighted by atomic mass is 19.4. The quantitative estimate of drug-likeness (QED) is 0.675. The van der Waals surface area contributed by atoms with E-state index < -0.39 is 11.7 Å². The summed E-state index contributed by atoms with van der Waals surface area (Å²) >= 11 is 0. The zero-order chi connectivity index (χ0) is 17.9. The van der Waals surface area contributed by atoms with Crippen molar-refractivity contribution < 1.29 is 13.2 Å². The van der Waals surface area contributed by atoms with Crippen molar-refractivity contribution in [2.24, 2.45) is 0 Å². The zero-order valence-corrected chi connectivity index (χ0v) is 13.3. The molecule has 0 aliphatic heterocycles. The van der Waals surface area contributed by atoms with E-state index in [1.807, 2.05) is 19.1 Å². The highest BCUT2D eigenvalue weighted by molar-refractivity contribution is 5.62. The summed E-state index contributed by atoms with van der Waals surface area (Å²) in [4.78, 5) is 7.78. The lowest BCUT2D eigenvalue weighted by Crippen LogP contribution is -2.12. The minimum absolute atomic E-state index is 0.0790. The molecule has 25 heavy (non-hydrogen) atoms. The number of aromatic nitrogens is 2. The maximum Gasteiger partial charge on any atom is 0.421 e. The summed E-state index contributed by atoms with van der Waals surface area (Å²) in [6.45, 7) is 1.94. The van der Waals surface area contributed by atoms with Crippen molar-refractivity contribution in [3.05, 3.63) is 71.9 Å². The summed E-state index contributed by atoms with van der Waals surface area (Å²) in [6.07, 6.45) is -3.78. The number of hydrogen-bond acceptors (Lipinski definition) is 4. The van der Waals surface area contributed by atoms with Crippen LogP contribution in [-0.4, -0.2) is 9.97 Å². The summed E-state index contributed by atoms with van der Waals surface area (Å²) in [6, 6.07) is 15.9. The van der Waals surface area contributed by atoms with E-state index in [0.717, 1.165) is 11.8 Å². The van der Waals surface area contributed by atoms with Gasteiger partial charge in [0.05, 0.1) is 0 Å². The van der Waals surface area contributed by atoms with Crippen LogP contribution in [0.1, 0.15) is 11.1 Å². The first-order valence-corrected chi connectivity index (χ1v) is 7.52. The summed E-state index contributed by atoms with van der Waals surface area (Å²) in [5, 5.41) is 5.61. The van der Waals surface area contributed by atoms with Gasteiger partial charge in [-0.3, -0.25) is 0 Å². The van der Waals surface area contributed by atoms with Crippen molar-refractivity contribution in [2.45, 2.75) is 13.1 Å². The Bertz CT molecular complexity index is 846. The van der Waals surface area contributed by atoms with Gasteiger partial charge >= 0.3 is 6.18 Å². The summed E-state index contributed by atoms with van der Waals surface area (Å²) in [5.74, 6) is -0.224. The molecule has 1 aromatic heterocycles. The van der Waals surface area contributed by atoms with Crippen LogP contribution < -0.4 is 10.6 Å². The van der Waals surface area contributed by atoms with Gasteiger partial charge in [0, 0.05) is 17.6 Å². The number of nitrogens with one attached hydrogen (secondary N) is 2. The number of alkyl halides is 3. The second-order valence-electron chi connectivity index (χ2n) is 5.44. The van der Waals surface area contributed by atoms with Gasteiger partial charge in [-0.15, -0.1) is 0 Å². The molecule has 0 amide bonds. The second-order valence-corrected chi connectivity index (χ2v) is 5.44. The number of para-hydroxylation sites is 1. The molecule has 0 fully saturated rings. The monoisotopic (exact) mass is 344 g/mol. The predicted octanol–water partition coefficient (Wildman–Crippen LogP) is 5.29. The van der Waals surface area contributed by atoms with Crippen molar-refractivity contribution in [2.75, 3.05) is 10.6 Å². The van der Waals surface area contributed by atoms with Gasteiger partial charge in [-0.05, 0) is 31.2 Å². The zero-order valence-electron chi connectivity index (χ0n) is 13.3. The maximum atomic E-state index is 13.2. The predicted molar refractivity (Wildman–Crippen MR) is 91.2 cm³/mol. The average molecular weight is 344 g/mol. The molecule has 3 aromatic rings. The minimum Gasteiger partial charge on any atom is -0.340 e. The molecule has 0 saturated heterocycles. The first-order chi connectivity index (χ1) is 11.9. The summed E-state index contributed by atoms with van der Waals surface area (Å²) in [7, 11) is 0. The van der Waals surface area contributed by atoms with Gasteiger partial charge in [-0.25, -0.2) is 4.98 Å². The van der Waals surface area contributed by atoms with Gasteiger partial charge in [-0.2, -0.15) is 18.2 Å². The van der Waals surface area contributed by atoms with Crippen molar-refractivity contribution in [3.63, 3.8) is 0 Å². The first-order valence-electron chi connectivity index (χ1n) is 7.52. The molecule has 1 heterocycles. The molecular formula is C18H15F3N4. The Morgan fingerprint density at radius 2 is 1.48 bits per heavy atom. The molecule has 0 radical (unpaired) electrons. The van der Waals surface area contributed by atoms with E-state index in [1.54, 1.807) is 42.5 Å². The van der Waals surface area contributed by atoms with Crippen molar-refractivity contribution in [3.8, 4) is 0 Å². The average Bonchev–Trinajstić information content (AvgIpc) is 2.57. The number of aryl methyl sites for hydroxylation is 1. The fourth-order valence-electron chi connectivity index (χ4n) is 2.17. The smallest absolute Gasteiger partial charge is 0.340 e. The number of rotatable bonds is 4. The van der Waals surface area contributed by atoms with Gasteiger partial charge in [0.25, 0.3) is 0 Å². The lowest BCUT2D eigenvalue weighted by atomic mass is 10.2. The Morgan fingerprint density at radius 1 is 0.840 bits per heavy atom. The van der Waals surface area contributed by atoms with Crippen LogP contribution in [0, 0.1) is 6.92 Å². The van der Waals surface area contributed by atoms with E-state index >= 15 is 0 Å². The molecule has 3 rings (SSSR count). The van der Waals surface area contributed by atoms with Gasteiger partial charge < -0.3 is 10.6 Å². The standard InChI is InChI=1S/C18H15F3N4/c1-12-7-9-14(10-8-12)24-17-22-11-15(18(19,20)21)16(25-17)23-13-5-3-2-4-6-13/h2-11H,1H3,(H2,22,23,24,25). The minimum atomic E-state index is -4.56. The molecule has 2 N–H and O–H groups in total. The number of nitrogens with zero attached hydrogens (tertiary/aromatic N) is 2. The van der Waals surface area contributed by atoms with E-state index in [2.05, 4.69) is 20.6 Å². The largest absolute Gasteiger partial charge is 0.421 e. The SMILES string of the molecule is Cc1ccc(Nc2ncc(C(F)(F)F)c(Nc3ccccc3)n2)cc1. The van der Waals surface area contributed by atoms with Crippen LogP contribution in [-0.2, 0) is 6.18 Å². The Labute approximate surface area is 142 Å². The van der Waals surface area contributed by atoms with Crippen LogP contribution in [0.2, 0.25) is 0 Å². The van der Waals surface area contributed by atoms with Crippen LogP contribution >= 0.6 is 0 Å². The fourth-order valence-corrected chi connectivity index (χ4v) is 2.17. The van der Waals surface area contributed by atoms with Crippen LogP contribution in [0.5, 0.6) is 0 Å².